The Kier molecular flexibility index (Phi) is 3.72. The number of likely N-dealkylation sites (N-methyl/N-ethyl adjacent to an activating group) is 1. The standard InChI is InChI=1S/C21H22N2O/c1-15-21(12-16-8-6-5-7-9-16)13-17(14-22)19(24)20(2,3)18(21)10-11-23(15)4/h5-10,13H,1,11-12H2,2-4H3. The summed E-state index contributed by atoms with van der Waals surface area (Å²) >= 11 is 0. The average Bonchev–Trinajstić information content (AvgIpc) is 2.56. The Hall–Kier alpha value is -2.60. The summed E-state index contributed by atoms with van der Waals surface area (Å²) in [7, 11) is 2.01. The molecule has 1 heterocycles. The zero-order valence-corrected chi connectivity index (χ0v) is 14.5. The topological polar surface area (TPSA) is 44.1 Å². The van der Waals surface area contributed by atoms with Crippen LogP contribution in [0.1, 0.15) is 19.4 Å². The van der Waals surface area contributed by atoms with Crippen molar-refractivity contribution in [2.45, 2.75) is 20.3 Å². The van der Waals surface area contributed by atoms with E-state index in [9.17, 15) is 10.1 Å². The van der Waals surface area contributed by atoms with Crippen LogP contribution in [-0.4, -0.2) is 24.3 Å². The van der Waals surface area contributed by atoms with E-state index in [1.807, 2.05) is 45.2 Å². The number of nitrogens with zero attached hydrogens (tertiary/aromatic N) is 2. The van der Waals surface area contributed by atoms with Crippen LogP contribution in [0.15, 0.2) is 65.9 Å². The number of ketones is 1. The molecule has 0 aromatic heterocycles. The normalized spacial score (nSPS) is 25.5. The Morgan fingerprint density at radius 3 is 2.58 bits per heavy atom. The van der Waals surface area contributed by atoms with Crippen molar-refractivity contribution in [2.75, 3.05) is 13.6 Å². The molecule has 1 aromatic rings. The second kappa shape index (κ2) is 5.49. The van der Waals surface area contributed by atoms with Crippen LogP contribution >= 0.6 is 0 Å². The van der Waals surface area contributed by atoms with E-state index in [1.165, 1.54) is 5.56 Å². The maximum Gasteiger partial charge on any atom is 0.182 e. The van der Waals surface area contributed by atoms with Crippen LogP contribution in [0.4, 0.5) is 0 Å². The first-order chi connectivity index (χ1) is 11.3. The van der Waals surface area contributed by atoms with E-state index >= 15 is 0 Å². The molecule has 3 rings (SSSR count). The monoisotopic (exact) mass is 318 g/mol. The number of benzene rings is 1. The Labute approximate surface area is 143 Å². The zero-order valence-electron chi connectivity index (χ0n) is 14.5. The van der Waals surface area contributed by atoms with E-state index in [0.717, 1.165) is 17.8 Å². The third kappa shape index (κ3) is 2.22. The zero-order chi connectivity index (χ0) is 17.5. The molecule has 1 aromatic carbocycles. The van der Waals surface area contributed by atoms with Crippen molar-refractivity contribution in [3.63, 3.8) is 0 Å². The molecule has 3 nitrogen and oxygen atoms in total. The molecule has 0 N–H and O–H groups in total. The van der Waals surface area contributed by atoms with Gasteiger partial charge < -0.3 is 4.90 Å². The molecule has 1 unspecified atom stereocenters. The summed E-state index contributed by atoms with van der Waals surface area (Å²) in [5, 5.41) is 9.51. The lowest BCUT2D eigenvalue weighted by Gasteiger charge is -2.50. The summed E-state index contributed by atoms with van der Waals surface area (Å²) in [4.78, 5) is 14.8. The fraction of sp³-hybridized carbons (Fsp3) is 0.333. The molecule has 1 aliphatic carbocycles. The number of allylic oxidation sites excluding steroid dienone is 2. The SMILES string of the molecule is C=C1N(C)CC=C2C(C)(C)C(=O)C(C#N)=CC12Cc1ccccc1. The van der Waals surface area contributed by atoms with Gasteiger partial charge in [0.15, 0.2) is 5.78 Å². The van der Waals surface area contributed by atoms with Gasteiger partial charge in [0, 0.05) is 19.3 Å². The van der Waals surface area contributed by atoms with E-state index in [-0.39, 0.29) is 11.4 Å². The fourth-order valence-electron chi connectivity index (χ4n) is 4.01. The van der Waals surface area contributed by atoms with Crippen molar-refractivity contribution in [1.82, 2.24) is 4.90 Å². The van der Waals surface area contributed by atoms with Crippen molar-refractivity contribution in [1.29, 1.82) is 5.26 Å². The molecule has 2 aliphatic rings. The Balaban J connectivity index is 2.26. The predicted molar refractivity (Wildman–Crippen MR) is 94.9 cm³/mol. The lowest BCUT2D eigenvalue weighted by Crippen LogP contribution is -2.48. The maximum atomic E-state index is 12.7. The van der Waals surface area contributed by atoms with Gasteiger partial charge in [0.1, 0.15) is 6.07 Å². The number of nitriles is 1. The molecule has 0 fully saturated rings. The highest BCUT2D eigenvalue weighted by Crippen LogP contribution is 2.54. The molecule has 0 saturated heterocycles. The summed E-state index contributed by atoms with van der Waals surface area (Å²) in [6.07, 6.45) is 4.68. The summed E-state index contributed by atoms with van der Waals surface area (Å²) < 4.78 is 0. The van der Waals surface area contributed by atoms with Crippen LogP contribution in [0.5, 0.6) is 0 Å². The smallest absolute Gasteiger partial charge is 0.182 e. The lowest BCUT2D eigenvalue weighted by atomic mass is 9.56. The van der Waals surface area contributed by atoms with Crippen LogP contribution in [0.3, 0.4) is 0 Å². The first-order valence-electron chi connectivity index (χ1n) is 8.16. The highest BCUT2D eigenvalue weighted by Gasteiger charge is 2.52. The molecule has 3 heteroatoms. The van der Waals surface area contributed by atoms with Crippen LogP contribution in [0.25, 0.3) is 0 Å². The highest BCUT2D eigenvalue weighted by molar-refractivity contribution is 6.06. The van der Waals surface area contributed by atoms with Crippen molar-refractivity contribution in [3.8, 4) is 6.07 Å². The van der Waals surface area contributed by atoms with E-state index in [4.69, 9.17) is 0 Å². The van der Waals surface area contributed by atoms with Crippen molar-refractivity contribution < 1.29 is 4.79 Å². The number of carbonyl (C=O) groups excluding carboxylic acids is 1. The molecule has 1 atom stereocenters. The van der Waals surface area contributed by atoms with Gasteiger partial charge in [-0.1, -0.05) is 43.0 Å². The second-order valence-electron chi connectivity index (χ2n) is 7.20. The Morgan fingerprint density at radius 1 is 1.29 bits per heavy atom. The second-order valence-corrected chi connectivity index (χ2v) is 7.20. The van der Waals surface area contributed by atoms with E-state index in [0.29, 0.717) is 6.42 Å². The van der Waals surface area contributed by atoms with E-state index in [2.05, 4.69) is 35.8 Å². The van der Waals surface area contributed by atoms with Gasteiger partial charge in [0.25, 0.3) is 0 Å². The molecule has 24 heavy (non-hydrogen) atoms. The minimum Gasteiger partial charge on any atom is -0.374 e. The number of Topliss-reactive ketones (excluding diaryl/α,β-unsaturated/α-hetero) is 1. The molecule has 0 radical (unpaired) electrons. The largest absolute Gasteiger partial charge is 0.374 e. The van der Waals surface area contributed by atoms with Crippen molar-refractivity contribution >= 4 is 5.78 Å². The number of rotatable bonds is 2. The summed E-state index contributed by atoms with van der Waals surface area (Å²) in [6.45, 7) is 8.90. The van der Waals surface area contributed by atoms with Gasteiger partial charge in [0.05, 0.1) is 16.4 Å². The van der Waals surface area contributed by atoms with Crippen LogP contribution < -0.4 is 0 Å². The van der Waals surface area contributed by atoms with Crippen LogP contribution in [0, 0.1) is 22.2 Å². The molecular weight excluding hydrogens is 296 g/mol. The van der Waals surface area contributed by atoms with Gasteiger partial charge in [-0.25, -0.2) is 0 Å². The minimum atomic E-state index is -0.696. The summed E-state index contributed by atoms with van der Waals surface area (Å²) in [6, 6.07) is 12.3. The van der Waals surface area contributed by atoms with Crippen LogP contribution in [0.2, 0.25) is 0 Å². The van der Waals surface area contributed by atoms with Gasteiger partial charge in [-0.3, -0.25) is 4.79 Å². The first kappa shape index (κ1) is 16.3. The predicted octanol–water partition coefficient (Wildman–Crippen LogP) is 3.66. The number of fused-ring (bicyclic) bond motifs is 1. The number of carbonyl (C=O) groups is 1. The molecule has 0 amide bonds. The van der Waals surface area contributed by atoms with Crippen molar-refractivity contribution in [3.05, 3.63) is 71.5 Å². The quantitative estimate of drug-likeness (QED) is 0.782. The third-order valence-electron chi connectivity index (χ3n) is 5.35. The Bertz CT molecular complexity index is 808. The molecular formula is C21H22N2O. The molecule has 122 valence electrons. The molecule has 0 bridgehead atoms. The maximum absolute atomic E-state index is 12.7. The molecule has 1 aliphatic heterocycles. The van der Waals surface area contributed by atoms with Crippen molar-refractivity contribution in [2.24, 2.45) is 10.8 Å². The molecule has 0 spiro atoms. The first-order valence-corrected chi connectivity index (χ1v) is 8.16. The van der Waals surface area contributed by atoms with E-state index in [1.54, 1.807) is 0 Å². The van der Waals surface area contributed by atoms with E-state index < -0.39 is 10.8 Å². The fourth-order valence-corrected chi connectivity index (χ4v) is 4.01. The van der Waals surface area contributed by atoms with Gasteiger partial charge in [-0.2, -0.15) is 5.26 Å². The van der Waals surface area contributed by atoms with Gasteiger partial charge in [0.2, 0.25) is 0 Å². The van der Waals surface area contributed by atoms with Gasteiger partial charge >= 0.3 is 0 Å². The number of hydrogen-bond donors (Lipinski definition) is 0. The number of hydrogen-bond acceptors (Lipinski definition) is 3. The summed E-state index contributed by atoms with van der Waals surface area (Å²) in [5.41, 5.74) is 2.20. The average molecular weight is 318 g/mol. The third-order valence-corrected chi connectivity index (χ3v) is 5.35. The summed E-state index contributed by atoms with van der Waals surface area (Å²) in [5.74, 6) is -0.0997. The van der Waals surface area contributed by atoms with Gasteiger partial charge in [-0.05, 0) is 37.5 Å². The highest BCUT2D eigenvalue weighted by atomic mass is 16.1. The minimum absolute atomic E-state index is 0.0997. The van der Waals surface area contributed by atoms with Gasteiger partial charge in [-0.15, -0.1) is 0 Å². The lowest BCUT2D eigenvalue weighted by molar-refractivity contribution is -0.122. The Morgan fingerprint density at radius 2 is 1.96 bits per heavy atom. The molecule has 0 saturated carbocycles. The van der Waals surface area contributed by atoms with Crippen LogP contribution in [-0.2, 0) is 11.2 Å².